The van der Waals surface area contributed by atoms with Crippen LogP contribution in [0.1, 0.15) is 10.5 Å². The van der Waals surface area contributed by atoms with Gasteiger partial charge < -0.3 is 10.4 Å². The van der Waals surface area contributed by atoms with Crippen molar-refractivity contribution in [3.8, 4) is 5.75 Å². The number of rotatable bonds is 3. The van der Waals surface area contributed by atoms with E-state index in [4.69, 9.17) is 0 Å². The van der Waals surface area contributed by atoms with Crippen molar-refractivity contribution < 1.29 is 29.3 Å². The molecule has 22 heavy (non-hydrogen) atoms. The summed E-state index contributed by atoms with van der Waals surface area (Å²) in [5, 5.41) is 11.6. The number of hydrogen-bond donors (Lipinski definition) is 2. The van der Waals surface area contributed by atoms with Gasteiger partial charge in [0.1, 0.15) is 10.6 Å². The summed E-state index contributed by atoms with van der Waals surface area (Å²) in [7, 11) is -9.74. The topological polar surface area (TPSA) is 62.2 Å². The predicted molar refractivity (Wildman–Crippen MR) is 71.7 cm³/mol. The molecule has 0 aliphatic rings. The number of nitrogens with zero attached hydrogens (tertiary/aromatic N) is 1. The lowest BCUT2D eigenvalue weighted by Crippen LogP contribution is -2.14. The Kier molecular flexibility index (Phi) is 3.15. The smallest absolute Gasteiger partial charge is 0.310 e. The van der Waals surface area contributed by atoms with E-state index in [1.54, 1.807) is 0 Å². The van der Waals surface area contributed by atoms with Crippen molar-refractivity contribution in [2.24, 2.45) is 0 Å². The summed E-state index contributed by atoms with van der Waals surface area (Å²) in [5.74, 6) is -1.32. The van der Waals surface area contributed by atoms with Crippen LogP contribution in [-0.4, -0.2) is 16.0 Å². The Morgan fingerprint density at radius 3 is 2.14 bits per heavy atom. The number of carbonyl (C=O) groups excluding carboxylic acids is 1. The molecule has 0 saturated carbocycles. The maximum Gasteiger partial charge on any atom is 0.310 e. The number of anilines is 1. The number of amides is 1. The first-order valence-corrected chi connectivity index (χ1v) is 7.61. The highest BCUT2D eigenvalue weighted by molar-refractivity contribution is 8.45. The van der Waals surface area contributed by atoms with E-state index >= 15 is 0 Å². The van der Waals surface area contributed by atoms with Crippen LogP contribution < -0.4 is 5.32 Å². The third-order valence-electron chi connectivity index (χ3n) is 2.56. The Morgan fingerprint density at radius 2 is 1.64 bits per heavy atom. The second kappa shape index (κ2) is 4.32. The normalized spacial score (nSPS) is 14.8. The minimum Gasteiger partial charge on any atom is -0.505 e. The zero-order chi connectivity index (χ0) is 16.7. The third-order valence-corrected chi connectivity index (χ3v) is 3.72. The van der Waals surface area contributed by atoms with Crippen LogP contribution in [0.5, 0.6) is 5.75 Å². The molecule has 0 fully saturated rings. The van der Waals surface area contributed by atoms with Crippen LogP contribution in [0, 0.1) is 0 Å². The summed E-state index contributed by atoms with van der Waals surface area (Å²) in [4.78, 5) is 13.3. The third kappa shape index (κ3) is 3.64. The lowest BCUT2D eigenvalue weighted by Gasteiger charge is -2.40. The maximum absolute atomic E-state index is 12.5. The largest absolute Gasteiger partial charge is 0.505 e. The van der Waals surface area contributed by atoms with Gasteiger partial charge in [0.15, 0.2) is 5.69 Å². The number of aromatic hydroxyl groups is 1. The van der Waals surface area contributed by atoms with E-state index in [-0.39, 0.29) is 23.5 Å². The van der Waals surface area contributed by atoms with Crippen LogP contribution in [0.2, 0.25) is 0 Å². The molecule has 0 atom stereocenters. The summed E-state index contributed by atoms with van der Waals surface area (Å²) in [6.45, 7) is 0. The summed E-state index contributed by atoms with van der Waals surface area (Å²) in [5.41, 5.74) is -0.500. The van der Waals surface area contributed by atoms with Gasteiger partial charge >= 0.3 is 10.2 Å². The van der Waals surface area contributed by atoms with Crippen molar-refractivity contribution in [1.82, 2.24) is 4.98 Å². The monoisotopic (exact) mass is 340 g/mol. The summed E-state index contributed by atoms with van der Waals surface area (Å²) >= 11 is 0. The molecule has 0 saturated heterocycles. The lowest BCUT2D eigenvalue weighted by atomic mass is 10.2. The van der Waals surface area contributed by atoms with Gasteiger partial charge in [-0.3, -0.25) is 4.79 Å². The van der Waals surface area contributed by atoms with Crippen molar-refractivity contribution in [3.63, 3.8) is 0 Å². The lowest BCUT2D eigenvalue weighted by molar-refractivity contribution is 0.101. The molecular formula is C12H9F5N2O2S. The van der Waals surface area contributed by atoms with E-state index in [1.165, 1.54) is 18.3 Å². The minimum absolute atomic E-state index is 0.152. The van der Waals surface area contributed by atoms with Crippen molar-refractivity contribution in [1.29, 1.82) is 0 Å². The second-order valence-electron chi connectivity index (χ2n) is 4.32. The van der Waals surface area contributed by atoms with Crippen molar-refractivity contribution in [2.75, 3.05) is 5.32 Å². The molecule has 10 heteroatoms. The molecule has 1 aromatic carbocycles. The average Bonchev–Trinajstić information content (AvgIpc) is 2.37. The average molecular weight is 340 g/mol. The molecule has 0 radical (unpaired) electrons. The quantitative estimate of drug-likeness (QED) is 0.797. The molecule has 1 heterocycles. The highest BCUT2D eigenvalue weighted by Gasteiger charge is 2.65. The van der Waals surface area contributed by atoms with Crippen LogP contribution in [0.4, 0.5) is 25.1 Å². The molecular weight excluding hydrogens is 331 g/mol. The Bertz CT molecular complexity index is 732. The molecule has 4 nitrogen and oxygen atoms in total. The fourth-order valence-corrected chi connectivity index (χ4v) is 2.21. The summed E-state index contributed by atoms with van der Waals surface area (Å²) in [6, 6.07) is 4.29. The van der Waals surface area contributed by atoms with E-state index in [0.717, 1.165) is 0 Å². The predicted octanol–water partition coefficient (Wildman–Crippen LogP) is 4.70. The van der Waals surface area contributed by atoms with Gasteiger partial charge in [0, 0.05) is 11.9 Å². The van der Waals surface area contributed by atoms with Gasteiger partial charge in [0.25, 0.3) is 5.91 Å². The van der Waals surface area contributed by atoms with Crippen LogP contribution >= 0.6 is 10.2 Å². The Hall–Kier alpha value is -2.36. The SMILES string of the molecule is O=C(Nc1ccc(S(F)(F)(F)(F)F)cc1)c1ncccc1O. The number of benzene rings is 1. The molecule has 120 valence electrons. The number of carbonyl (C=O) groups is 1. The number of aromatic nitrogens is 1. The van der Waals surface area contributed by atoms with E-state index in [9.17, 15) is 29.3 Å². The molecule has 2 N–H and O–H groups in total. The number of pyridine rings is 1. The van der Waals surface area contributed by atoms with E-state index in [2.05, 4.69) is 10.3 Å². The Balaban J connectivity index is 2.23. The number of halogens is 5. The van der Waals surface area contributed by atoms with Crippen molar-refractivity contribution >= 4 is 21.8 Å². The van der Waals surface area contributed by atoms with Gasteiger partial charge in [-0.2, -0.15) is 0 Å². The standard InChI is InChI=1S/C12H9F5N2O2S/c13-22(14,15,16,17)9-5-3-8(4-6-9)19-12(21)11-10(20)2-1-7-18-11/h1-7,20H,(H,19,21). The first-order chi connectivity index (χ1) is 9.86. The van der Waals surface area contributed by atoms with Crippen LogP contribution in [0.15, 0.2) is 47.5 Å². The van der Waals surface area contributed by atoms with Crippen LogP contribution in [-0.2, 0) is 0 Å². The minimum atomic E-state index is -9.74. The van der Waals surface area contributed by atoms with Crippen molar-refractivity contribution in [2.45, 2.75) is 4.90 Å². The number of nitrogens with one attached hydrogen (secondary N) is 1. The molecule has 2 aromatic rings. The van der Waals surface area contributed by atoms with Crippen LogP contribution in [0.3, 0.4) is 0 Å². The number of hydrogen-bond acceptors (Lipinski definition) is 3. The van der Waals surface area contributed by atoms with Gasteiger partial charge in [0.2, 0.25) is 0 Å². The summed E-state index contributed by atoms with van der Waals surface area (Å²) in [6.07, 6.45) is 1.23. The fourth-order valence-electron chi connectivity index (χ4n) is 1.56. The highest BCUT2D eigenvalue weighted by Crippen LogP contribution is 3.02. The van der Waals surface area contributed by atoms with Gasteiger partial charge in [-0.05, 0) is 36.4 Å². The van der Waals surface area contributed by atoms with Gasteiger partial charge in [-0.15, -0.1) is 0 Å². The Morgan fingerprint density at radius 1 is 1.05 bits per heavy atom. The first-order valence-electron chi connectivity index (χ1n) is 5.66. The van der Waals surface area contributed by atoms with E-state index in [0.29, 0.717) is 12.1 Å². The van der Waals surface area contributed by atoms with Gasteiger partial charge in [0.05, 0.1) is 0 Å². The molecule has 1 amide bonds. The highest BCUT2D eigenvalue weighted by atomic mass is 32.5. The molecule has 0 aliphatic carbocycles. The van der Waals surface area contributed by atoms with Gasteiger partial charge in [-0.1, -0.05) is 19.4 Å². The van der Waals surface area contributed by atoms with Crippen LogP contribution in [0.25, 0.3) is 0 Å². The molecule has 0 bridgehead atoms. The second-order valence-corrected chi connectivity index (χ2v) is 6.73. The van der Waals surface area contributed by atoms with E-state index < -0.39 is 26.8 Å². The van der Waals surface area contributed by atoms with E-state index in [1.807, 2.05) is 0 Å². The zero-order valence-corrected chi connectivity index (χ0v) is 11.5. The van der Waals surface area contributed by atoms with Crippen molar-refractivity contribution in [3.05, 3.63) is 48.3 Å². The molecule has 0 aliphatic heterocycles. The zero-order valence-electron chi connectivity index (χ0n) is 10.6. The first kappa shape index (κ1) is 16.0. The molecule has 0 unspecified atom stereocenters. The fraction of sp³-hybridized carbons (Fsp3) is 0. The molecule has 1 aromatic heterocycles. The molecule has 0 spiro atoms. The Labute approximate surface area is 121 Å². The van der Waals surface area contributed by atoms with Gasteiger partial charge in [-0.25, -0.2) is 4.98 Å². The molecule has 2 rings (SSSR count). The maximum atomic E-state index is 12.5. The summed E-state index contributed by atoms with van der Waals surface area (Å²) < 4.78 is 62.6.